The van der Waals surface area contributed by atoms with Crippen molar-refractivity contribution >= 4 is 17.5 Å². The van der Waals surface area contributed by atoms with Gasteiger partial charge in [0.2, 0.25) is 17.7 Å². The molecule has 3 aromatic heterocycles. The van der Waals surface area contributed by atoms with Gasteiger partial charge >= 0.3 is 6.18 Å². The molecule has 3 heterocycles. The molecule has 0 radical (unpaired) electrons. The van der Waals surface area contributed by atoms with Crippen molar-refractivity contribution in [3.8, 4) is 5.88 Å². The van der Waals surface area contributed by atoms with E-state index in [0.717, 1.165) is 12.8 Å². The molecule has 0 saturated heterocycles. The molecule has 0 aliphatic heterocycles. The van der Waals surface area contributed by atoms with E-state index < -0.39 is 48.8 Å². The molecule has 0 bridgehead atoms. The van der Waals surface area contributed by atoms with Crippen molar-refractivity contribution < 1.29 is 36.3 Å². The molecular formula is C29H33F5N6O3. The van der Waals surface area contributed by atoms with Crippen LogP contribution in [0.25, 0.3) is 5.65 Å². The summed E-state index contributed by atoms with van der Waals surface area (Å²) in [6, 6.07) is 3.53. The Kier molecular flexibility index (Phi) is 8.84. The van der Waals surface area contributed by atoms with Crippen molar-refractivity contribution in [2.24, 2.45) is 11.8 Å². The second kappa shape index (κ2) is 12.4. The summed E-state index contributed by atoms with van der Waals surface area (Å²) in [5, 5.41) is 10.1. The molecule has 14 heteroatoms. The van der Waals surface area contributed by atoms with Crippen molar-refractivity contribution in [2.45, 2.75) is 82.5 Å². The number of alkyl halides is 5. The molecule has 1 unspecified atom stereocenters. The lowest BCUT2D eigenvalue weighted by molar-refractivity contribution is -0.144. The SMILES string of the molecule is CCOc1cc(C(=O)N[C@H](c2cn3ncc(C(NC(=O)CCC(F)(F)F)C4CC4)cc3n2)C2CCC(F)(F)CC2)ccn1. The standard InChI is InChI=1S/C29H33F5N6O3/c1-2-43-24-14-19(8-12-35-24)27(42)39-26(18-5-9-28(30,31)10-6-18)21-16-40-22(37-21)13-20(15-36-40)25(17-3-4-17)38-23(41)7-11-29(32,33)34/h8,12-18,25-26H,2-7,9-11H2,1H3,(H,38,41)(H,39,42)/t25?,26-/m0/s1. The fourth-order valence-corrected chi connectivity index (χ4v) is 5.46. The minimum atomic E-state index is -4.43. The van der Waals surface area contributed by atoms with Gasteiger partial charge in [-0.05, 0) is 62.1 Å². The van der Waals surface area contributed by atoms with Crippen LogP contribution in [0.15, 0.2) is 36.8 Å². The third kappa shape index (κ3) is 7.96. The van der Waals surface area contributed by atoms with Gasteiger partial charge in [-0.25, -0.2) is 23.3 Å². The van der Waals surface area contributed by atoms with Crippen LogP contribution in [0.2, 0.25) is 0 Å². The van der Waals surface area contributed by atoms with Crippen molar-refractivity contribution in [3.63, 3.8) is 0 Å². The summed E-state index contributed by atoms with van der Waals surface area (Å²) >= 11 is 0. The summed E-state index contributed by atoms with van der Waals surface area (Å²) in [6.07, 6.45) is -0.308. The maximum Gasteiger partial charge on any atom is 0.389 e. The van der Waals surface area contributed by atoms with Crippen molar-refractivity contribution in [3.05, 3.63) is 53.6 Å². The zero-order valence-corrected chi connectivity index (χ0v) is 23.5. The maximum atomic E-state index is 14.0. The fourth-order valence-electron chi connectivity index (χ4n) is 5.46. The Morgan fingerprint density at radius 3 is 2.49 bits per heavy atom. The van der Waals surface area contributed by atoms with E-state index in [9.17, 15) is 31.5 Å². The Morgan fingerprint density at radius 2 is 1.81 bits per heavy atom. The Labute approximate surface area is 244 Å². The zero-order chi connectivity index (χ0) is 30.8. The van der Waals surface area contributed by atoms with Gasteiger partial charge in [0.25, 0.3) is 5.91 Å². The van der Waals surface area contributed by atoms with Gasteiger partial charge in [0, 0.05) is 37.1 Å². The average molecular weight is 609 g/mol. The third-order valence-electron chi connectivity index (χ3n) is 7.89. The van der Waals surface area contributed by atoms with E-state index in [1.807, 2.05) is 0 Å². The first-order valence-corrected chi connectivity index (χ1v) is 14.4. The first-order chi connectivity index (χ1) is 20.4. The first-order valence-electron chi connectivity index (χ1n) is 14.4. The lowest BCUT2D eigenvalue weighted by Gasteiger charge is -2.33. The molecule has 0 spiro atoms. The summed E-state index contributed by atoms with van der Waals surface area (Å²) in [4.78, 5) is 34.4. The lowest BCUT2D eigenvalue weighted by atomic mass is 9.81. The number of amides is 2. The number of halogens is 5. The molecule has 2 atom stereocenters. The number of hydrogen-bond donors (Lipinski definition) is 2. The molecule has 2 aliphatic carbocycles. The minimum Gasteiger partial charge on any atom is -0.478 e. The Balaban J connectivity index is 1.39. The molecule has 9 nitrogen and oxygen atoms in total. The number of nitrogens with zero attached hydrogens (tertiary/aromatic N) is 4. The van der Waals surface area contributed by atoms with E-state index in [1.165, 1.54) is 29.0 Å². The molecular weight excluding hydrogens is 575 g/mol. The predicted molar refractivity (Wildman–Crippen MR) is 144 cm³/mol. The van der Waals surface area contributed by atoms with Gasteiger partial charge in [0.1, 0.15) is 0 Å². The van der Waals surface area contributed by atoms with Crippen LogP contribution in [-0.4, -0.2) is 50.1 Å². The van der Waals surface area contributed by atoms with Crippen LogP contribution in [0, 0.1) is 11.8 Å². The number of ether oxygens (including phenoxy) is 1. The number of rotatable bonds is 11. The highest BCUT2D eigenvalue weighted by Gasteiger charge is 2.40. The topological polar surface area (TPSA) is 111 Å². The van der Waals surface area contributed by atoms with Crippen LogP contribution in [0.5, 0.6) is 5.88 Å². The van der Waals surface area contributed by atoms with E-state index in [2.05, 4.69) is 25.7 Å². The monoisotopic (exact) mass is 608 g/mol. The molecule has 0 aromatic carbocycles. The Morgan fingerprint density at radius 1 is 1.09 bits per heavy atom. The van der Waals surface area contributed by atoms with Crippen molar-refractivity contribution in [1.82, 2.24) is 30.2 Å². The van der Waals surface area contributed by atoms with Crippen molar-refractivity contribution in [2.75, 3.05) is 6.61 Å². The Bertz CT molecular complexity index is 1450. The molecule has 5 rings (SSSR count). The molecule has 2 amide bonds. The smallest absolute Gasteiger partial charge is 0.389 e. The minimum absolute atomic E-state index is 0.0754. The quantitative estimate of drug-likeness (QED) is 0.269. The van der Waals surface area contributed by atoms with E-state index in [1.54, 1.807) is 19.2 Å². The molecule has 3 aromatic rings. The number of fused-ring (bicyclic) bond motifs is 1. The predicted octanol–water partition coefficient (Wildman–Crippen LogP) is 5.73. The molecule has 2 N–H and O–H groups in total. The van der Waals surface area contributed by atoms with Crippen LogP contribution in [0.3, 0.4) is 0 Å². The molecule has 43 heavy (non-hydrogen) atoms. The van der Waals surface area contributed by atoms with Crippen LogP contribution in [0.1, 0.15) is 92.0 Å². The maximum absolute atomic E-state index is 14.0. The van der Waals surface area contributed by atoms with Gasteiger partial charge in [-0.3, -0.25) is 9.59 Å². The van der Waals surface area contributed by atoms with E-state index in [-0.39, 0.29) is 43.4 Å². The van der Waals surface area contributed by atoms with Crippen molar-refractivity contribution in [1.29, 1.82) is 0 Å². The highest BCUT2D eigenvalue weighted by atomic mass is 19.4. The van der Waals surface area contributed by atoms with Crippen LogP contribution >= 0.6 is 0 Å². The third-order valence-corrected chi connectivity index (χ3v) is 7.89. The van der Waals surface area contributed by atoms with Crippen LogP contribution < -0.4 is 15.4 Å². The molecule has 2 fully saturated rings. The summed E-state index contributed by atoms with van der Waals surface area (Å²) in [7, 11) is 0. The van der Waals surface area contributed by atoms with Crippen LogP contribution in [-0.2, 0) is 4.79 Å². The van der Waals surface area contributed by atoms with Gasteiger partial charge in [0.15, 0.2) is 5.65 Å². The number of nitrogens with one attached hydrogen (secondary N) is 2. The normalized spacial score (nSPS) is 18.7. The fraction of sp³-hybridized carbons (Fsp3) is 0.552. The van der Waals surface area contributed by atoms with Gasteiger partial charge in [0.05, 0.1) is 43.2 Å². The van der Waals surface area contributed by atoms with E-state index in [0.29, 0.717) is 29.1 Å². The summed E-state index contributed by atoms with van der Waals surface area (Å²) in [6.45, 7) is 2.16. The van der Waals surface area contributed by atoms with Crippen LogP contribution in [0.4, 0.5) is 22.0 Å². The number of carbonyl (C=O) groups is 2. The summed E-state index contributed by atoms with van der Waals surface area (Å²) in [5.74, 6) is -3.85. The number of aromatic nitrogens is 4. The second-order valence-corrected chi connectivity index (χ2v) is 11.2. The molecule has 2 aliphatic rings. The van der Waals surface area contributed by atoms with Gasteiger partial charge in [-0.1, -0.05) is 0 Å². The second-order valence-electron chi connectivity index (χ2n) is 11.2. The van der Waals surface area contributed by atoms with E-state index in [4.69, 9.17) is 4.74 Å². The number of imidazole rings is 1. The molecule has 2 saturated carbocycles. The van der Waals surface area contributed by atoms with Gasteiger partial charge in [-0.15, -0.1) is 0 Å². The van der Waals surface area contributed by atoms with Gasteiger partial charge in [-0.2, -0.15) is 18.3 Å². The highest BCUT2D eigenvalue weighted by Crippen LogP contribution is 2.43. The number of carbonyl (C=O) groups excluding carboxylic acids is 2. The Hall–Kier alpha value is -3.84. The van der Waals surface area contributed by atoms with E-state index >= 15 is 0 Å². The van der Waals surface area contributed by atoms with Gasteiger partial charge < -0.3 is 15.4 Å². The average Bonchev–Trinajstić information content (AvgIpc) is 3.71. The summed E-state index contributed by atoms with van der Waals surface area (Å²) in [5.41, 5.74) is 1.73. The number of hydrogen-bond acceptors (Lipinski definition) is 6. The zero-order valence-electron chi connectivity index (χ0n) is 23.5. The number of pyridine rings is 1. The first kappa shape index (κ1) is 30.6. The highest BCUT2D eigenvalue weighted by molar-refractivity contribution is 5.94. The largest absolute Gasteiger partial charge is 0.478 e. The molecule has 232 valence electrons. The summed E-state index contributed by atoms with van der Waals surface area (Å²) < 4.78 is 72.8. The lowest BCUT2D eigenvalue weighted by Crippen LogP contribution is -2.37.